The molecule has 4 heteroatoms. The third kappa shape index (κ3) is 3.49. The highest BCUT2D eigenvalue weighted by Crippen LogP contribution is 2.20. The molecule has 18 heavy (non-hydrogen) atoms. The van der Waals surface area contributed by atoms with Crippen molar-refractivity contribution in [2.45, 2.75) is 20.8 Å². The quantitative estimate of drug-likeness (QED) is 0.886. The molecule has 1 amide bonds. The van der Waals surface area contributed by atoms with Gasteiger partial charge < -0.3 is 10.1 Å². The average molecular weight is 246 g/mol. The maximum Gasteiger partial charge on any atom is 0.255 e. The van der Waals surface area contributed by atoms with Gasteiger partial charge in [0.15, 0.2) is 0 Å². The van der Waals surface area contributed by atoms with Gasteiger partial charge in [0, 0.05) is 6.54 Å². The molecular weight excluding hydrogens is 228 g/mol. The van der Waals surface area contributed by atoms with Gasteiger partial charge in [-0.25, -0.2) is 0 Å². The molecule has 1 aromatic rings. The first-order chi connectivity index (χ1) is 8.39. The van der Waals surface area contributed by atoms with Gasteiger partial charge in [-0.05, 0) is 32.9 Å². The molecule has 0 aromatic heterocycles. The Morgan fingerprint density at radius 2 is 2.17 bits per heavy atom. The minimum atomic E-state index is -0.577. The largest absolute Gasteiger partial charge is 0.496 e. The van der Waals surface area contributed by atoms with Gasteiger partial charge in [0.05, 0.1) is 24.2 Å². The van der Waals surface area contributed by atoms with Crippen LogP contribution in [0.3, 0.4) is 0 Å². The number of benzene rings is 1. The molecular formula is C14H18N2O2. The number of methoxy groups -OCH3 is 1. The fourth-order valence-electron chi connectivity index (χ4n) is 1.44. The summed E-state index contributed by atoms with van der Waals surface area (Å²) in [4.78, 5) is 12.0. The summed E-state index contributed by atoms with van der Waals surface area (Å²) in [5.74, 6) is 0.312. The molecule has 0 bridgehead atoms. The Morgan fingerprint density at radius 3 is 2.72 bits per heavy atom. The molecule has 96 valence electrons. The molecule has 0 saturated carbocycles. The van der Waals surface area contributed by atoms with Gasteiger partial charge in [-0.3, -0.25) is 4.79 Å². The second-order valence-corrected chi connectivity index (χ2v) is 4.88. The number of nitriles is 1. The number of nitrogens with zero attached hydrogens (tertiary/aromatic N) is 1. The van der Waals surface area contributed by atoms with Crippen LogP contribution in [-0.2, 0) is 0 Å². The van der Waals surface area contributed by atoms with Crippen LogP contribution < -0.4 is 10.1 Å². The van der Waals surface area contributed by atoms with Gasteiger partial charge in [-0.2, -0.15) is 5.26 Å². The minimum Gasteiger partial charge on any atom is -0.496 e. The number of hydrogen-bond donors (Lipinski definition) is 1. The first kappa shape index (κ1) is 14.0. The standard InChI is InChI=1S/C14H18N2O2/c1-10-5-6-12(18-4)11(7-10)13(17)16-9-14(2,3)8-15/h5-7H,9H2,1-4H3,(H,16,17). The number of hydrogen-bond acceptors (Lipinski definition) is 3. The molecule has 0 aliphatic heterocycles. The summed E-state index contributed by atoms with van der Waals surface area (Å²) < 4.78 is 5.15. The van der Waals surface area contributed by atoms with Crippen LogP contribution in [-0.4, -0.2) is 19.6 Å². The summed E-state index contributed by atoms with van der Waals surface area (Å²) in [5, 5.41) is 11.6. The molecule has 1 N–H and O–H groups in total. The summed E-state index contributed by atoms with van der Waals surface area (Å²) in [6.45, 7) is 5.77. The highest BCUT2D eigenvalue weighted by atomic mass is 16.5. The van der Waals surface area contributed by atoms with E-state index in [9.17, 15) is 4.79 Å². The highest BCUT2D eigenvalue weighted by Gasteiger charge is 2.19. The lowest BCUT2D eigenvalue weighted by Crippen LogP contribution is -2.33. The first-order valence-electron chi connectivity index (χ1n) is 5.74. The van der Waals surface area contributed by atoms with E-state index in [1.807, 2.05) is 13.0 Å². The molecule has 1 aromatic carbocycles. The molecule has 0 aliphatic carbocycles. The van der Waals surface area contributed by atoms with Crippen LogP contribution in [0.25, 0.3) is 0 Å². The molecule has 4 nitrogen and oxygen atoms in total. The van der Waals surface area contributed by atoms with E-state index in [2.05, 4.69) is 11.4 Å². The third-order valence-corrected chi connectivity index (χ3v) is 2.59. The molecule has 0 radical (unpaired) electrons. The number of aryl methyl sites for hydroxylation is 1. The summed E-state index contributed by atoms with van der Waals surface area (Å²) in [6, 6.07) is 7.56. The van der Waals surface area contributed by atoms with Crippen molar-refractivity contribution in [3.8, 4) is 11.8 Å². The van der Waals surface area contributed by atoms with Crippen LogP contribution in [0.5, 0.6) is 5.75 Å². The molecule has 0 heterocycles. The predicted molar refractivity (Wildman–Crippen MR) is 69.5 cm³/mol. The number of nitrogens with one attached hydrogen (secondary N) is 1. The van der Waals surface area contributed by atoms with E-state index < -0.39 is 5.41 Å². The minimum absolute atomic E-state index is 0.223. The third-order valence-electron chi connectivity index (χ3n) is 2.59. The molecule has 1 rings (SSSR count). The van der Waals surface area contributed by atoms with E-state index in [0.29, 0.717) is 17.9 Å². The summed E-state index contributed by atoms with van der Waals surface area (Å²) >= 11 is 0. The van der Waals surface area contributed by atoms with E-state index >= 15 is 0 Å². The first-order valence-corrected chi connectivity index (χ1v) is 5.74. The van der Waals surface area contributed by atoms with Gasteiger partial charge in [0.2, 0.25) is 0 Å². The highest BCUT2D eigenvalue weighted by molar-refractivity contribution is 5.97. The van der Waals surface area contributed by atoms with Crippen molar-refractivity contribution in [3.63, 3.8) is 0 Å². The van der Waals surface area contributed by atoms with Gasteiger partial charge >= 0.3 is 0 Å². The van der Waals surface area contributed by atoms with E-state index in [4.69, 9.17) is 10.00 Å². The number of rotatable bonds is 4. The zero-order valence-electron chi connectivity index (χ0n) is 11.2. The van der Waals surface area contributed by atoms with Crippen molar-refractivity contribution in [1.29, 1.82) is 5.26 Å². The van der Waals surface area contributed by atoms with E-state index in [1.54, 1.807) is 26.0 Å². The second-order valence-electron chi connectivity index (χ2n) is 4.88. The maximum atomic E-state index is 12.0. The van der Waals surface area contributed by atoms with Crippen molar-refractivity contribution in [2.24, 2.45) is 5.41 Å². The molecule has 0 aliphatic rings. The maximum absolute atomic E-state index is 12.0. The fourth-order valence-corrected chi connectivity index (χ4v) is 1.44. The Balaban J connectivity index is 2.85. The van der Waals surface area contributed by atoms with Crippen molar-refractivity contribution >= 4 is 5.91 Å². The molecule has 0 saturated heterocycles. The van der Waals surface area contributed by atoms with E-state index in [-0.39, 0.29) is 5.91 Å². The van der Waals surface area contributed by atoms with Crippen LogP contribution in [0.2, 0.25) is 0 Å². The Hall–Kier alpha value is -2.02. The Labute approximate surface area is 108 Å². The number of amides is 1. The summed E-state index contributed by atoms with van der Waals surface area (Å²) in [6.07, 6.45) is 0. The van der Waals surface area contributed by atoms with Crippen LogP contribution in [0, 0.1) is 23.7 Å². The monoisotopic (exact) mass is 246 g/mol. The lowest BCUT2D eigenvalue weighted by molar-refractivity contribution is 0.0940. The molecule has 0 fully saturated rings. The van der Waals surface area contributed by atoms with Crippen molar-refractivity contribution in [2.75, 3.05) is 13.7 Å². The molecule has 0 spiro atoms. The van der Waals surface area contributed by atoms with Crippen LogP contribution in [0.1, 0.15) is 29.8 Å². The Morgan fingerprint density at radius 1 is 1.50 bits per heavy atom. The molecule has 0 unspecified atom stereocenters. The van der Waals surface area contributed by atoms with Crippen molar-refractivity contribution in [1.82, 2.24) is 5.32 Å². The van der Waals surface area contributed by atoms with Crippen molar-refractivity contribution in [3.05, 3.63) is 29.3 Å². The number of ether oxygens (including phenoxy) is 1. The smallest absolute Gasteiger partial charge is 0.255 e. The lowest BCUT2D eigenvalue weighted by atomic mass is 9.96. The zero-order valence-corrected chi connectivity index (χ0v) is 11.2. The second kappa shape index (κ2) is 5.54. The van der Waals surface area contributed by atoms with Crippen LogP contribution in [0.15, 0.2) is 18.2 Å². The predicted octanol–water partition coefficient (Wildman–Crippen LogP) is 2.28. The Kier molecular flexibility index (Phi) is 4.33. The van der Waals surface area contributed by atoms with Crippen LogP contribution >= 0.6 is 0 Å². The normalized spacial score (nSPS) is 10.6. The van der Waals surface area contributed by atoms with Gasteiger partial charge in [-0.1, -0.05) is 11.6 Å². The Bertz CT molecular complexity index is 487. The fraction of sp³-hybridized carbons (Fsp3) is 0.429. The topological polar surface area (TPSA) is 62.1 Å². The van der Waals surface area contributed by atoms with E-state index in [0.717, 1.165) is 5.56 Å². The lowest BCUT2D eigenvalue weighted by Gasteiger charge is -2.16. The van der Waals surface area contributed by atoms with Gasteiger partial charge in [0.1, 0.15) is 5.75 Å². The van der Waals surface area contributed by atoms with Gasteiger partial charge in [-0.15, -0.1) is 0 Å². The number of carbonyl (C=O) groups is 1. The average Bonchev–Trinajstić information content (AvgIpc) is 2.36. The number of carbonyl (C=O) groups excluding carboxylic acids is 1. The van der Waals surface area contributed by atoms with Gasteiger partial charge in [0.25, 0.3) is 5.91 Å². The summed E-state index contributed by atoms with van der Waals surface area (Å²) in [7, 11) is 1.53. The van der Waals surface area contributed by atoms with Crippen LogP contribution in [0.4, 0.5) is 0 Å². The van der Waals surface area contributed by atoms with E-state index in [1.165, 1.54) is 7.11 Å². The SMILES string of the molecule is COc1ccc(C)cc1C(=O)NCC(C)(C)C#N. The van der Waals surface area contributed by atoms with Crippen molar-refractivity contribution < 1.29 is 9.53 Å². The summed E-state index contributed by atoms with van der Waals surface area (Å²) in [5.41, 5.74) is 0.902. The zero-order chi connectivity index (χ0) is 13.8. The molecule has 0 atom stereocenters.